The first-order valence-corrected chi connectivity index (χ1v) is 7.08. The van der Waals surface area contributed by atoms with E-state index >= 15 is 0 Å². The molecular weight excluding hydrogens is 288 g/mol. The molecule has 0 aromatic heterocycles. The normalized spacial score (nSPS) is 11.6. The molecule has 2 nitrogen and oxygen atoms in total. The Morgan fingerprint density at radius 3 is 2.57 bits per heavy atom. The Kier molecular flexibility index (Phi) is 3.98. The van der Waals surface area contributed by atoms with Crippen molar-refractivity contribution in [2.75, 3.05) is 5.75 Å². The predicted molar refractivity (Wildman–Crippen MR) is 62.3 cm³/mol. The van der Waals surface area contributed by atoms with Crippen molar-refractivity contribution in [2.24, 2.45) is 0 Å². The largest absolute Gasteiger partial charge is 0.229 e. The average Bonchev–Trinajstić information content (AvgIpc) is 2.10. The molecular formula is C9H10BrClO2S. The topological polar surface area (TPSA) is 34.1 Å². The first kappa shape index (κ1) is 12.0. The number of benzene rings is 1. The van der Waals surface area contributed by atoms with Gasteiger partial charge in [0.05, 0.1) is 5.75 Å². The molecule has 0 heterocycles. The minimum Gasteiger partial charge on any atom is -0.229 e. The summed E-state index contributed by atoms with van der Waals surface area (Å²) >= 11 is 9.02. The first-order chi connectivity index (χ1) is 6.44. The van der Waals surface area contributed by atoms with E-state index in [1.807, 2.05) is 0 Å². The van der Waals surface area contributed by atoms with Gasteiger partial charge in [0.2, 0.25) is 0 Å². The van der Waals surface area contributed by atoms with Crippen LogP contribution in [0.1, 0.15) is 12.5 Å². The van der Waals surface area contributed by atoms with Gasteiger partial charge in [-0.3, -0.25) is 0 Å². The van der Waals surface area contributed by atoms with Crippen molar-refractivity contribution in [2.45, 2.75) is 12.7 Å². The van der Waals surface area contributed by atoms with Crippen LogP contribution in [0.3, 0.4) is 0 Å². The SMILES string of the molecule is CCS(=O)(=O)Cc1ccc(Cl)cc1Br. The van der Waals surface area contributed by atoms with Crippen molar-refractivity contribution in [3.05, 3.63) is 33.3 Å². The van der Waals surface area contributed by atoms with E-state index in [0.717, 1.165) is 10.0 Å². The molecule has 0 bridgehead atoms. The van der Waals surface area contributed by atoms with Gasteiger partial charge >= 0.3 is 0 Å². The lowest BCUT2D eigenvalue weighted by atomic mass is 10.2. The Morgan fingerprint density at radius 1 is 1.43 bits per heavy atom. The maximum Gasteiger partial charge on any atom is 0.154 e. The fourth-order valence-electron chi connectivity index (χ4n) is 0.978. The van der Waals surface area contributed by atoms with Gasteiger partial charge in [0.1, 0.15) is 0 Å². The van der Waals surface area contributed by atoms with Crippen molar-refractivity contribution in [3.63, 3.8) is 0 Å². The summed E-state index contributed by atoms with van der Waals surface area (Å²) in [4.78, 5) is 0. The molecule has 1 rings (SSSR count). The van der Waals surface area contributed by atoms with Gasteiger partial charge in [-0.1, -0.05) is 40.5 Å². The van der Waals surface area contributed by atoms with Crippen LogP contribution in [-0.2, 0) is 15.6 Å². The summed E-state index contributed by atoms with van der Waals surface area (Å²) in [5, 5.41) is 0.592. The zero-order valence-corrected chi connectivity index (χ0v) is 10.8. The van der Waals surface area contributed by atoms with Crippen molar-refractivity contribution in [1.82, 2.24) is 0 Å². The second kappa shape index (κ2) is 4.64. The van der Waals surface area contributed by atoms with Crippen LogP contribution in [0.25, 0.3) is 0 Å². The molecule has 0 aliphatic carbocycles. The standard InChI is InChI=1S/C9H10BrClO2S/c1-2-14(12,13)6-7-3-4-8(11)5-9(7)10/h3-5H,2,6H2,1H3. The minimum atomic E-state index is -2.98. The molecule has 0 atom stereocenters. The smallest absolute Gasteiger partial charge is 0.154 e. The summed E-state index contributed by atoms with van der Waals surface area (Å²) in [7, 11) is -2.98. The average molecular weight is 298 g/mol. The molecule has 0 aliphatic rings. The summed E-state index contributed by atoms with van der Waals surface area (Å²) in [6, 6.07) is 5.11. The third kappa shape index (κ3) is 3.26. The molecule has 5 heteroatoms. The highest BCUT2D eigenvalue weighted by molar-refractivity contribution is 9.10. The van der Waals surface area contributed by atoms with E-state index < -0.39 is 9.84 Å². The highest BCUT2D eigenvalue weighted by Gasteiger charge is 2.11. The number of hydrogen-bond acceptors (Lipinski definition) is 2. The van der Waals surface area contributed by atoms with Gasteiger partial charge in [0.15, 0.2) is 9.84 Å². The van der Waals surface area contributed by atoms with Crippen LogP contribution in [0, 0.1) is 0 Å². The molecule has 0 N–H and O–H groups in total. The lowest BCUT2D eigenvalue weighted by Gasteiger charge is -2.04. The summed E-state index contributed by atoms with van der Waals surface area (Å²) in [6.07, 6.45) is 0. The molecule has 0 fully saturated rings. The Balaban J connectivity index is 2.99. The van der Waals surface area contributed by atoms with E-state index in [0.29, 0.717) is 5.02 Å². The van der Waals surface area contributed by atoms with Crippen LogP contribution in [0.2, 0.25) is 5.02 Å². The first-order valence-electron chi connectivity index (χ1n) is 4.09. The Hall–Kier alpha value is -0.0600. The fraction of sp³-hybridized carbons (Fsp3) is 0.333. The quantitative estimate of drug-likeness (QED) is 0.859. The van der Waals surface area contributed by atoms with E-state index in [2.05, 4.69) is 15.9 Å². The third-order valence-electron chi connectivity index (χ3n) is 1.83. The maximum absolute atomic E-state index is 11.4. The van der Waals surface area contributed by atoms with E-state index in [1.54, 1.807) is 25.1 Å². The number of rotatable bonds is 3. The lowest BCUT2D eigenvalue weighted by molar-refractivity contribution is 0.596. The summed E-state index contributed by atoms with van der Waals surface area (Å²) < 4.78 is 23.4. The van der Waals surface area contributed by atoms with Crippen molar-refractivity contribution in [3.8, 4) is 0 Å². The lowest BCUT2D eigenvalue weighted by Crippen LogP contribution is -2.06. The van der Waals surface area contributed by atoms with Crippen LogP contribution in [0.4, 0.5) is 0 Å². The van der Waals surface area contributed by atoms with Gasteiger partial charge in [-0.2, -0.15) is 0 Å². The van der Waals surface area contributed by atoms with E-state index in [1.165, 1.54) is 0 Å². The molecule has 0 saturated carbocycles. The molecule has 0 unspecified atom stereocenters. The van der Waals surface area contributed by atoms with Gasteiger partial charge in [0.25, 0.3) is 0 Å². The molecule has 1 aromatic carbocycles. The second-order valence-corrected chi connectivity index (χ2v) is 6.56. The highest BCUT2D eigenvalue weighted by Crippen LogP contribution is 2.23. The van der Waals surface area contributed by atoms with Gasteiger partial charge in [0, 0.05) is 15.2 Å². The van der Waals surface area contributed by atoms with Crippen LogP contribution in [-0.4, -0.2) is 14.2 Å². The van der Waals surface area contributed by atoms with Crippen molar-refractivity contribution >= 4 is 37.4 Å². The maximum atomic E-state index is 11.4. The summed E-state index contributed by atoms with van der Waals surface area (Å²) in [5.74, 6) is 0.212. The molecule has 0 spiro atoms. The van der Waals surface area contributed by atoms with E-state index in [9.17, 15) is 8.42 Å². The number of sulfone groups is 1. The Bertz CT molecular complexity index is 428. The number of halogens is 2. The van der Waals surface area contributed by atoms with Crippen LogP contribution in [0.15, 0.2) is 22.7 Å². The molecule has 0 radical (unpaired) electrons. The molecule has 0 saturated heterocycles. The molecule has 0 aliphatic heterocycles. The van der Waals surface area contributed by atoms with E-state index in [4.69, 9.17) is 11.6 Å². The molecule has 14 heavy (non-hydrogen) atoms. The zero-order chi connectivity index (χ0) is 10.8. The van der Waals surface area contributed by atoms with Gasteiger partial charge in [-0.05, 0) is 17.7 Å². The van der Waals surface area contributed by atoms with Crippen LogP contribution < -0.4 is 0 Å². The van der Waals surface area contributed by atoms with Gasteiger partial charge < -0.3 is 0 Å². The Morgan fingerprint density at radius 2 is 2.07 bits per heavy atom. The molecule has 1 aromatic rings. The monoisotopic (exact) mass is 296 g/mol. The summed E-state index contributed by atoms with van der Waals surface area (Å²) in [6.45, 7) is 1.64. The predicted octanol–water partition coefficient (Wildman–Crippen LogP) is 3.04. The Labute approximate surface area is 97.3 Å². The summed E-state index contributed by atoms with van der Waals surface area (Å²) in [5.41, 5.74) is 0.747. The highest BCUT2D eigenvalue weighted by atomic mass is 79.9. The van der Waals surface area contributed by atoms with Crippen LogP contribution in [0.5, 0.6) is 0 Å². The molecule has 0 amide bonds. The molecule has 78 valence electrons. The zero-order valence-electron chi connectivity index (χ0n) is 7.63. The van der Waals surface area contributed by atoms with Crippen molar-refractivity contribution in [1.29, 1.82) is 0 Å². The van der Waals surface area contributed by atoms with Gasteiger partial charge in [-0.15, -0.1) is 0 Å². The number of hydrogen-bond donors (Lipinski definition) is 0. The fourth-order valence-corrected chi connectivity index (χ4v) is 2.92. The third-order valence-corrected chi connectivity index (χ3v) is 4.43. The van der Waals surface area contributed by atoms with Gasteiger partial charge in [-0.25, -0.2) is 8.42 Å². The van der Waals surface area contributed by atoms with Crippen LogP contribution >= 0.6 is 27.5 Å². The minimum absolute atomic E-state index is 0.0568. The second-order valence-electron chi connectivity index (χ2n) is 2.91. The van der Waals surface area contributed by atoms with Crippen molar-refractivity contribution < 1.29 is 8.42 Å². The van der Waals surface area contributed by atoms with E-state index in [-0.39, 0.29) is 11.5 Å².